The first-order chi connectivity index (χ1) is 15.5. The SMILES string of the molecule is CCCCC(Cc1c[nH]c2ccccc12)NC(=O)C(N)=NC(N)=[N+]1CCN(CCC)CC1. The molecule has 2 aromatic rings. The van der Waals surface area contributed by atoms with Gasteiger partial charge in [-0.25, -0.2) is 0 Å². The van der Waals surface area contributed by atoms with E-state index in [1.807, 2.05) is 22.9 Å². The second-order valence-corrected chi connectivity index (χ2v) is 8.56. The Hall–Kier alpha value is -2.87. The van der Waals surface area contributed by atoms with Crippen molar-refractivity contribution in [1.82, 2.24) is 15.2 Å². The molecule has 1 amide bonds. The number of carbonyl (C=O) groups is 1. The molecule has 0 radical (unpaired) electrons. The molecule has 8 heteroatoms. The zero-order chi connectivity index (χ0) is 22.9. The number of H-pyrrole nitrogens is 1. The van der Waals surface area contributed by atoms with Crippen molar-refractivity contribution in [2.24, 2.45) is 16.5 Å². The molecule has 174 valence electrons. The number of piperazine rings is 1. The number of unbranched alkanes of at least 4 members (excludes halogenated alkanes) is 1. The van der Waals surface area contributed by atoms with Gasteiger partial charge in [-0.05, 0) is 42.4 Å². The molecule has 1 unspecified atom stereocenters. The lowest BCUT2D eigenvalue weighted by Crippen LogP contribution is -2.47. The smallest absolute Gasteiger partial charge is 0.365 e. The lowest BCUT2D eigenvalue weighted by Gasteiger charge is -2.27. The molecule has 0 bridgehead atoms. The summed E-state index contributed by atoms with van der Waals surface area (Å²) in [6, 6.07) is 8.19. The first-order valence-electron chi connectivity index (χ1n) is 11.8. The molecule has 1 aliphatic rings. The number of rotatable bonds is 8. The van der Waals surface area contributed by atoms with Crippen molar-refractivity contribution >= 4 is 28.6 Å². The minimum absolute atomic E-state index is 0.0192. The number of aromatic nitrogens is 1. The lowest BCUT2D eigenvalue weighted by molar-refractivity contribution is -0.541. The average molecular weight is 441 g/mol. The maximum atomic E-state index is 12.8. The van der Waals surface area contributed by atoms with Crippen LogP contribution in [0.15, 0.2) is 35.5 Å². The number of amides is 1. The number of aromatic amines is 1. The van der Waals surface area contributed by atoms with Crippen LogP contribution in [-0.4, -0.2) is 70.9 Å². The molecule has 8 nitrogen and oxygen atoms in total. The Morgan fingerprint density at radius 1 is 1.22 bits per heavy atom. The zero-order valence-corrected chi connectivity index (χ0v) is 19.4. The molecule has 0 aliphatic carbocycles. The maximum absolute atomic E-state index is 12.8. The maximum Gasteiger partial charge on any atom is 0.387 e. The molecule has 1 aromatic carbocycles. The van der Waals surface area contributed by atoms with Crippen molar-refractivity contribution in [3.05, 3.63) is 36.0 Å². The predicted octanol–water partition coefficient (Wildman–Crippen LogP) is 1.80. The Bertz CT molecular complexity index is 952. The number of aliphatic imine (C=N–C) groups is 1. The fraction of sp³-hybridized carbons (Fsp3) is 0.542. The summed E-state index contributed by atoms with van der Waals surface area (Å²) in [7, 11) is 0. The van der Waals surface area contributed by atoms with Gasteiger partial charge in [0.25, 0.3) is 5.84 Å². The number of guanidine groups is 1. The van der Waals surface area contributed by atoms with Crippen LogP contribution < -0.4 is 16.8 Å². The van der Waals surface area contributed by atoms with E-state index < -0.39 is 0 Å². The first kappa shape index (κ1) is 23.8. The Balaban J connectivity index is 1.65. The zero-order valence-electron chi connectivity index (χ0n) is 19.4. The number of hydrogen-bond donors (Lipinski definition) is 4. The summed E-state index contributed by atoms with van der Waals surface area (Å²) in [5.74, 6) is -0.132. The number of nitrogens with one attached hydrogen (secondary N) is 2. The minimum atomic E-state index is -0.362. The predicted molar refractivity (Wildman–Crippen MR) is 131 cm³/mol. The van der Waals surface area contributed by atoms with Gasteiger partial charge in [-0.15, -0.1) is 0 Å². The number of carbonyl (C=O) groups excluding carboxylic acids is 1. The van der Waals surface area contributed by atoms with E-state index in [-0.39, 0.29) is 17.8 Å². The number of nitrogens with zero attached hydrogens (tertiary/aromatic N) is 3. The van der Waals surface area contributed by atoms with Crippen molar-refractivity contribution in [3.63, 3.8) is 0 Å². The number of nitrogens with two attached hydrogens (primary N) is 2. The van der Waals surface area contributed by atoms with Crippen LogP contribution in [0.4, 0.5) is 0 Å². The van der Waals surface area contributed by atoms with E-state index in [0.29, 0.717) is 5.96 Å². The Morgan fingerprint density at radius 2 is 1.97 bits per heavy atom. The van der Waals surface area contributed by atoms with Crippen LogP contribution in [0, 0.1) is 0 Å². The van der Waals surface area contributed by atoms with E-state index in [4.69, 9.17) is 11.5 Å². The van der Waals surface area contributed by atoms with Gasteiger partial charge in [0.15, 0.2) is 0 Å². The quantitative estimate of drug-likeness (QED) is 0.285. The normalized spacial score (nSPS) is 16.3. The molecule has 2 heterocycles. The van der Waals surface area contributed by atoms with E-state index >= 15 is 0 Å². The first-order valence-corrected chi connectivity index (χ1v) is 11.8. The van der Waals surface area contributed by atoms with Gasteiger partial charge in [0.2, 0.25) is 0 Å². The summed E-state index contributed by atoms with van der Waals surface area (Å²) in [6.07, 6.45) is 6.88. The van der Waals surface area contributed by atoms with Gasteiger partial charge in [0, 0.05) is 36.2 Å². The third kappa shape index (κ3) is 6.32. The van der Waals surface area contributed by atoms with Gasteiger partial charge >= 0.3 is 11.9 Å². The topological polar surface area (TPSA) is 116 Å². The molecule has 1 aromatic heterocycles. The van der Waals surface area contributed by atoms with Gasteiger partial charge in [0.05, 0.1) is 13.1 Å². The fourth-order valence-electron chi connectivity index (χ4n) is 4.26. The van der Waals surface area contributed by atoms with Crippen molar-refractivity contribution < 1.29 is 9.37 Å². The van der Waals surface area contributed by atoms with Crippen LogP contribution >= 0.6 is 0 Å². The third-order valence-corrected chi connectivity index (χ3v) is 6.09. The summed E-state index contributed by atoms with van der Waals surface area (Å²) >= 11 is 0. The number of benzene rings is 1. The van der Waals surface area contributed by atoms with Gasteiger partial charge in [-0.1, -0.05) is 44.9 Å². The van der Waals surface area contributed by atoms with E-state index in [2.05, 4.69) is 46.2 Å². The monoisotopic (exact) mass is 440 g/mol. The molecule has 1 atom stereocenters. The highest BCUT2D eigenvalue weighted by atomic mass is 16.2. The van der Waals surface area contributed by atoms with E-state index in [0.717, 1.165) is 70.3 Å². The number of hydrogen-bond acceptors (Lipinski definition) is 2. The van der Waals surface area contributed by atoms with E-state index in [9.17, 15) is 4.79 Å². The molecule has 32 heavy (non-hydrogen) atoms. The average Bonchev–Trinajstić information content (AvgIpc) is 3.20. The standard InChI is InChI=1S/C24H37N7O/c1-3-5-8-19(16-18-17-27-21-10-7-6-9-20(18)21)28-23(32)22(25)29-24(26)31-14-12-30(11-4-2)13-15-31/h6-7,9-10,17,19,27H,3-5,8,11-16H2,1-2H3,(H4,25,26,28,29,32)/p+1. The van der Waals surface area contributed by atoms with Crippen LogP contribution in [0.3, 0.4) is 0 Å². The highest BCUT2D eigenvalue weighted by molar-refractivity contribution is 6.38. The Morgan fingerprint density at radius 3 is 2.69 bits per heavy atom. The lowest BCUT2D eigenvalue weighted by atomic mass is 10.0. The molecule has 1 saturated heterocycles. The summed E-state index contributed by atoms with van der Waals surface area (Å²) in [4.78, 5) is 22.7. The second kappa shape index (κ2) is 11.7. The van der Waals surface area contributed by atoms with Crippen molar-refractivity contribution in [1.29, 1.82) is 0 Å². The van der Waals surface area contributed by atoms with Crippen LogP contribution in [0.1, 0.15) is 45.1 Å². The number of para-hydroxylation sites is 1. The number of amidine groups is 1. The highest BCUT2D eigenvalue weighted by Gasteiger charge is 2.22. The van der Waals surface area contributed by atoms with Gasteiger partial charge < -0.3 is 16.0 Å². The molecule has 0 spiro atoms. The minimum Gasteiger partial charge on any atom is -0.365 e. The van der Waals surface area contributed by atoms with E-state index in [1.165, 1.54) is 10.9 Å². The highest BCUT2D eigenvalue weighted by Crippen LogP contribution is 2.20. The molecule has 6 N–H and O–H groups in total. The van der Waals surface area contributed by atoms with Crippen molar-refractivity contribution in [2.75, 3.05) is 32.7 Å². The molecule has 1 fully saturated rings. The summed E-state index contributed by atoms with van der Waals surface area (Å²) in [5.41, 5.74) is 14.5. The molecule has 3 rings (SSSR count). The number of fused-ring (bicyclic) bond motifs is 1. The van der Waals surface area contributed by atoms with Gasteiger partial charge in [-0.3, -0.25) is 20.0 Å². The van der Waals surface area contributed by atoms with Crippen LogP contribution in [-0.2, 0) is 11.2 Å². The summed E-state index contributed by atoms with van der Waals surface area (Å²) < 4.78 is 1.99. The third-order valence-electron chi connectivity index (χ3n) is 6.09. The fourth-order valence-corrected chi connectivity index (χ4v) is 4.26. The second-order valence-electron chi connectivity index (χ2n) is 8.56. The summed E-state index contributed by atoms with van der Waals surface area (Å²) in [5, 5.41) is 4.27. The molecule has 0 saturated carbocycles. The van der Waals surface area contributed by atoms with Crippen LogP contribution in [0.2, 0.25) is 0 Å². The van der Waals surface area contributed by atoms with Crippen LogP contribution in [0.5, 0.6) is 0 Å². The van der Waals surface area contributed by atoms with Crippen molar-refractivity contribution in [3.8, 4) is 0 Å². The Kier molecular flexibility index (Phi) is 8.67. The Labute approximate surface area is 190 Å². The summed E-state index contributed by atoms with van der Waals surface area (Å²) in [6.45, 7) is 8.91. The molecule has 1 aliphatic heterocycles. The van der Waals surface area contributed by atoms with Gasteiger partial charge in [0.1, 0.15) is 0 Å². The van der Waals surface area contributed by atoms with Crippen molar-refractivity contribution in [2.45, 2.75) is 52.0 Å². The molecular formula is C24H38N7O+. The van der Waals surface area contributed by atoms with E-state index in [1.54, 1.807) is 0 Å². The van der Waals surface area contributed by atoms with Gasteiger partial charge in [-0.2, -0.15) is 0 Å². The largest absolute Gasteiger partial charge is 0.387 e. The van der Waals surface area contributed by atoms with Crippen LogP contribution in [0.25, 0.3) is 10.9 Å². The molecular weight excluding hydrogens is 402 g/mol.